The van der Waals surface area contributed by atoms with Crippen molar-refractivity contribution in [1.29, 1.82) is 0 Å². The molecule has 4 nitrogen and oxygen atoms in total. The molecule has 20 heavy (non-hydrogen) atoms. The predicted octanol–water partition coefficient (Wildman–Crippen LogP) is 3.11. The van der Waals surface area contributed by atoms with Gasteiger partial charge >= 0.3 is 0 Å². The molecule has 1 amide bonds. The molecule has 0 bridgehead atoms. The third-order valence-corrected chi connectivity index (χ3v) is 3.44. The van der Waals surface area contributed by atoms with Crippen LogP contribution in [0, 0.1) is 0 Å². The highest BCUT2D eigenvalue weighted by atomic mass is 16.5. The van der Waals surface area contributed by atoms with Crippen LogP contribution in [0.15, 0.2) is 18.2 Å². The van der Waals surface area contributed by atoms with Crippen molar-refractivity contribution in [1.82, 2.24) is 4.90 Å². The van der Waals surface area contributed by atoms with Crippen LogP contribution in [0.3, 0.4) is 0 Å². The van der Waals surface area contributed by atoms with E-state index in [1.165, 1.54) is 0 Å². The van der Waals surface area contributed by atoms with Crippen molar-refractivity contribution in [2.24, 2.45) is 0 Å². The summed E-state index contributed by atoms with van der Waals surface area (Å²) in [4.78, 5) is 14.6. The van der Waals surface area contributed by atoms with Crippen LogP contribution in [0.25, 0.3) is 0 Å². The van der Waals surface area contributed by atoms with Gasteiger partial charge in [-0.3, -0.25) is 4.79 Å². The molecule has 0 spiro atoms. The van der Waals surface area contributed by atoms with Gasteiger partial charge in [0.15, 0.2) is 11.5 Å². The SMILES string of the molecule is CCOc1ccc(C(=O)N(C(C)C)C2CC2)cc1OC. The van der Waals surface area contributed by atoms with E-state index in [2.05, 4.69) is 13.8 Å². The molecular weight excluding hydrogens is 254 g/mol. The van der Waals surface area contributed by atoms with E-state index < -0.39 is 0 Å². The second-order valence-corrected chi connectivity index (χ2v) is 5.34. The van der Waals surface area contributed by atoms with E-state index >= 15 is 0 Å². The molecule has 1 aliphatic rings. The Morgan fingerprint density at radius 3 is 2.55 bits per heavy atom. The zero-order chi connectivity index (χ0) is 14.7. The van der Waals surface area contributed by atoms with E-state index in [0.29, 0.717) is 29.7 Å². The summed E-state index contributed by atoms with van der Waals surface area (Å²) in [6.07, 6.45) is 2.22. The Balaban J connectivity index is 2.25. The highest BCUT2D eigenvalue weighted by molar-refractivity contribution is 5.95. The van der Waals surface area contributed by atoms with Crippen molar-refractivity contribution in [3.8, 4) is 11.5 Å². The van der Waals surface area contributed by atoms with Gasteiger partial charge < -0.3 is 14.4 Å². The fourth-order valence-corrected chi connectivity index (χ4v) is 2.40. The quantitative estimate of drug-likeness (QED) is 0.802. The van der Waals surface area contributed by atoms with E-state index in [1.54, 1.807) is 19.2 Å². The molecular formula is C16H23NO3. The molecule has 0 heterocycles. The van der Waals surface area contributed by atoms with Crippen molar-refractivity contribution >= 4 is 5.91 Å². The van der Waals surface area contributed by atoms with Gasteiger partial charge in [-0.2, -0.15) is 0 Å². The first-order valence-electron chi connectivity index (χ1n) is 7.22. The molecule has 0 unspecified atom stereocenters. The Morgan fingerprint density at radius 1 is 1.35 bits per heavy atom. The van der Waals surface area contributed by atoms with Crippen LogP contribution >= 0.6 is 0 Å². The molecule has 0 aromatic heterocycles. The Hall–Kier alpha value is -1.71. The van der Waals surface area contributed by atoms with E-state index in [1.807, 2.05) is 17.9 Å². The number of ether oxygens (including phenoxy) is 2. The zero-order valence-electron chi connectivity index (χ0n) is 12.7. The molecule has 1 aromatic rings. The van der Waals surface area contributed by atoms with Crippen LogP contribution in [-0.4, -0.2) is 36.6 Å². The molecule has 1 aromatic carbocycles. The lowest BCUT2D eigenvalue weighted by molar-refractivity contribution is 0.0690. The fraction of sp³-hybridized carbons (Fsp3) is 0.562. The predicted molar refractivity (Wildman–Crippen MR) is 78.5 cm³/mol. The smallest absolute Gasteiger partial charge is 0.254 e. The van der Waals surface area contributed by atoms with Crippen LogP contribution in [0.1, 0.15) is 44.0 Å². The second-order valence-electron chi connectivity index (χ2n) is 5.34. The zero-order valence-corrected chi connectivity index (χ0v) is 12.7. The number of methoxy groups -OCH3 is 1. The summed E-state index contributed by atoms with van der Waals surface area (Å²) < 4.78 is 10.8. The molecule has 0 radical (unpaired) electrons. The first kappa shape index (κ1) is 14.7. The van der Waals surface area contributed by atoms with Crippen molar-refractivity contribution in [2.75, 3.05) is 13.7 Å². The monoisotopic (exact) mass is 277 g/mol. The maximum absolute atomic E-state index is 12.6. The van der Waals surface area contributed by atoms with Gasteiger partial charge in [0.1, 0.15) is 0 Å². The minimum atomic E-state index is 0.0730. The third-order valence-electron chi connectivity index (χ3n) is 3.44. The second kappa shape index (κ2) is 6.16. The Bertz CT molecular complexity index is 479. The lowest BCUT2D eigenvalue weighted by atomic mass is 10.1. The summed E-state index contributed by atoms with van der Waals surface area (Å²) >= 11 is 0. The maximum atomic E-state index is 12.6. The summed E-state index contributed by atoms with van der Waals surface area (Å²) in [7, 11) is 1.59. The molecule has 0 aliphatic heterocycles. The van der Waals surface area contributed by atoms with E-state index in [9.17, 15) is 4.79 Å². The lowest BCUT2D eigenvalue weighted by Crippen LogP contribution is -2.38. The van der Waals surface area contributed by atoms with Crippen LogP contribution < -0.4 is 9.47 Å². The summed E-state index contributed by atoms with van der Waals surface area (Å²) in [5.41, 5.74) is 0.658. The van der Waals surface area contributed by atoms with Gasteiger partial charge in [0.25, 0.3) is 5.91 Å². The van der Waals surface area contributed by atoms with Crippen LogP contribution in [0.2, 0.25) is 0 Å². The summed E-state index contributed by atoms with van der Waals surface area (Å²) in [6.45, 7) is 6.61. The summed E-state index contributed by atoms with van der Waals surface area (Å²) in [6, 6.07) is 6.01. The highest BCUT2D eigenvalue weighted by Crippen LogP contribution is 2.32. The Kier molecular flexibility index (Phi) is 4.53. The minimum Gasteiger partial charge on any atom is -0.493 e. The average Bonchev–Trinajstić information content (AvgIpc) is 3.23. The first-order valence-corrected chi connectivity index (χ1v) is 7.22. The number of nitrogens with zero attached hydrogens (tertiary/aromatic N) is 1. The van der Waals surface area contributed by atoms with E-state index in [4.69, 9.17) is 9.47 Å². The number of hydrogen-bond acceptors (Lipinski definition) is 3. The molecule has 1 saturated carbocycles. The minimum absolute atomic E-state index is 0.0730. The first-order chi connectivity index (χ1) is 9.58. The van der Waals surface area contributed by atoms with Crippen molar-refractivity contribution in [3.63, 3.8) is 0 Å². The van der Waals surface area contributed by atoms with Gasteiger partial charge in [-0.05, 0) is 51.8 Å². The van der Waals surface area contributed by atoms with Gasteiger partial charge in [0.2, 0.25) is 0 Å². The lowest BCUT2D eigenvalue weighted by Gasteiger charge is -2.27. The van der Waals surface area contributed by atoms with Crippen LogP contribution in [-0.2, 0) is 0 Å². The molecule has 4 heteroatoms. The van der Waals surface area contributed by atoms with Gasteiger partial charge in [0.05, 0.1) is 13.7 Å². The fourth-order valence-electron chi connectivity index (χ4n) is 2.40. The number of amides is 1. The van der Waals surface area contributed by atoms with Crippen LogP contribution in [0.4, 0.5) is 0 Å². The largest absolute Gasteiger partial charge is 0.493 e. The Morgan fingerprint density at radius 2 is 2.05 bits per heavy atom. The molecule has 2 rings (SSSR count). The van der Waals surface area contributed by atoms with Crippen molar-refractivity contribution in [2.45, 2.75) is 45.7 Å². The number of rotatable bonds is 6. The number of carbonyl (C=O) groups is 1. The van der Waals surface area contributed by atoms with E-state index in [-0.39, 0.29) is 11.9 Å². The molecule has 0 saturated heterocycles. The molecule has 1 aliphatic carbocycles. The summed E-state index contributed by atoms with van der Waals surface area (Å²) in [5, 5.41) is 0. The molecule has 0 N–H and O–H groups in total. The third kappa shape index (κ3) is 3.06. The highest BCUT2D eigenvalue weighted by Gasteiger charge is 2.34. The van der Waals surface area contributed by atoms with Gasteiger partial charge in [-0.1, -0.05) is 0 Å². The van der Waals surface area contributed by atoms with Crippen molar-refractivity contribution < 1.29 is 14.3 Å². The molecule has 110 valence electrons. The Labute approximate surface area is 120 Å². The van der Waals surface area contributed by atoms with Gasteiger partial charge in [-0.25, -0.2) is 0 Å². The number of carbonyl (C=O) groups excluding carboxylic acids is 1. The number of hydrogen-bond donors (Lipinski definition) is 0. The molecule has 0 atom stereocenters. The van der Waals surface area contributed by atoms with Gasteiger partial charge in [0, 0.05) is 17.6 Å². The normalized spacial score (nSPS) is 14.2. The van der Waals surface area contributed by atoms with Crippen molar-refractivity contribution in [3.05, 3.63) is 23.8 Å². The van der Waals surface area contributed by atoms with Crippen LogP contribution in [0.5, 0.6) is 11.5 Å². The number of benzene rings is 1. The summed E-state index contributed by atoms with van der Waals surface area (Å²) in [5.74, 6) is 1.36. The standard InChI is InChI=1S/C16H23NO3/c1-5-20-14-9-6-12(10-15(14)19-4)16(18)17(11(2)3)13-7-8-13/h6,9-11,13H,5,7-8H2,1-4H3. The topological polar surface area (TPSA) is 38.8 Å². The maximum Gasteiger partial charge on any atom is 0.254 e. The average molecular weight is 277 g/mol. The van der Waals surface area contributed by atoms with Gasteiger partial charge in [-0.15, -0.1) is 0 Å². The molecule has 1 fully saturated rings. The van der Waals surface area contributed by atoms with E-state index in [0.717, 1.165) is 12.8 Å².